The SMILES string of the molecule is CC1(C)c2cc(-c3ccccc3)ccc2-c2ccc(N(c3ccc(-c4ccc5c(c4)c4ccccc4n5-c4ccccc4)cc3)c3cccc4c3oc3ccccc34)cc21.CC1(C)c2cc(-c3ccccc3)ccc2-c2ccc(N(c3ccc4c(c3)c3ccccc3n4-c3ccccc3)c3cccc4c3oc3ccccc34)cc21. The Morgan fingerprint density at radius 2 is 0.535 bits per heavy atom. The molecule has 6 heteroatoms. The van der Waals surface area contributed by atoms with Crippen LogP contribution in [0, 0.1) is 0 Å². The first-order valence-corrected chi connectivity index (χ1v) is 39.4. The number of aromatic nitrogens is 2. The van der Waals surface area contributed by atoms with Crippen molar-refractivity contribution in [3.05, 3.63) is 411 Å². The van der Waals surface area contributed by atoms with Gasteiger partial charge in [-0.2, -0.15) is 0 Å². The molecule has 17 aromatic carbocycles. The molecule has 0 aliphatic heterocycles. The normalized spacial score (nSPS) is 13.1. The molecule has 0 saturated carbocycles. The summed E-state index contributed by atoms with van der Waals surface area (Å²) in [6.45, 7) is 9.46. The van der Waals surface area contributed by atoms with Gasteiger partial charge in [-0.1, -0.05) is 276 Å². The summed E-state index contributed by atoms with van der Waals surface area (Å²) in [5.41, 5.74) is 34.4. The molecule has 0 spiro atoms. The molecule has 6 nitrogen and oxygen atoms in total. The lowest BCUT2D eigenvalue weighted by Crippen LogP contribution is -2.16. The lowest BCUT2D eigenvalue weighted by Gasteiger charge is -2.28. The maximum absolute atomic E-state index is 6.72. The highest BCUT2D eigenvalue weighted by molar-refractivity contribution is 6.15. The van der Waals surface area contributed by atoms with E-state index in [1.54, 1.807) is 0 Å². The topological polar surface area (TPSA) is 42.6 Å². The predicted molar refractivity (Wildman–Crippen MR) is 477 cm³/mol. The van der Waals surface area contributed by atoms with Crippen LogP contribution in [0.4, 0.5) is 34.1 Å². The second kappa shape index (κ2) is 26.1. The van der Waals surface area contributed by atoms with E-state index in [0.29, 0.717) is 0 Å². The highest BCUT2D eigenvalue weighted by Crippen LogP contribution is 2.56. The second-order valence-electron chi connectivity index (χ2n) is 31.5. The van der Waals surface area contributed by atoms with Crippen LogP contribution in [0.2, 0.25) is 0 Å². The number of rotatable bonds is 11. The second-order valence-corrected chi connectivity index (χ2v) is 31.5. The number of benzene rings is 17. The molecule has 540 valence electrons. The monoisotopic (exact) mass is 1460 g/mol. The Kier molecular flexibility index (Phi) is 15.2. The summed E-state index contributed by atoms with van der Waals surface area (Å²) < 4.78 is 18.2. The van der Waals surface area contributed by atoms with Gasteiger partial charge in [-0.15, -0.1) is 0 Å². The summed E-state index contributed by atoms with van der Waals surface area (Å²) in [4.78, 5) is 4.77. The zero-order chi connectivity index (χ0) is 75.9. The molecule has 2 aliphatic carbocycles. The molecular formula is C108H76N4O2. The van der Waals surface area contributed by atoms with Crippen LogP contribution < -0.4 is 9.80 Å². The fraction of sp³-hybridized carbons (Fsp3) is 0.0556. The first kappa shape index (κ1) is 66.5. The van der Waals surface area contributed by atoms with E-state index in [1.807, 2.05) is 12.1 Å². The Labute approximate surface area is 661 Å². The fourth-order valence-electron chi connectivity index (χ4n) is 18.8. The lowest BCUT2D eigenvalue weighted by atomic mass is 9.81. The van der Waals surface area contributed by atoms with Gasteiger partial charge in [0.05, 0.1) is 33.4 Å². The van der Waals surface area contributed by atoms with Crippen molar-refractivity contribution in [3.63, 3.8) is 0 Å². The molecule has 2 aliphatic rings. The van der Waals surface area contributed by atoms with Crippen LogP contribution in [0.5, 0.6) is 0 Å². The Morgan fingerprint density at radius 3 is 1.02 bits per heavy atom. The van der Waals surface area contributed by atoms with Crippen LogP contribution in [0.25, 0.3) is 154 Å². The van der Waals surface area contributed by atoms with Crippen molar-refractivity contribution < 1.29 is 8.83 Å². The molecule has 4 aromatic heterocycles. The highest BCUT2D eigenvalue weighted by atomic mass is 16.3. The molecule has 0 atom stereocenters. The first-order valence-electron chi connectivity index (χ1n) is 39.4. The third-order valence-electron chi connectivity index (χ3n) is 24.4. The van der Waals surface area contributed by atoms with Gasteiger partial charge in [0.15, 0.2) is 11.2 Å². The average Bonchev–Trinajstić information content (AvgIpc) is 1.57. The minimum absolute atomic E-state index is 0.199. The first-order chi connectivity index (χ1) is 56.1. The summed E-state index contributed by atoms with van der Waals surface area (Å²) in [6.07, 6.45) is 0. The molecule has 23 rings (SSSR count). The maximum atomic E-state index is 6.72. The largest absolute Gasteiger partial charge is 0.454 e. The van der Waals surface area contributed by atoms with E-state index in [2.05, 4.69) is 423 Å². The van der Waals surface area contributed by atoms with Crippen LogP contribution in [-0.4, -0.2) is 9.13 Å². The Morgan fingerprint density at radius 1 is 0.219 bits per heavy atom. The van der Waals surface area contributed by atoms with E-state index < -0.39 is 0 Å². The zero-order valence-electron chi connectivity index (χ0n) is 63.6. The number of hydrogen-bond acceptors (Lipinski definition) is 4. The van der Waals surface area contributed by atoms with Crippen molar-refractivity contribution in [1.82, 2.24) is 9.13 Å². The van der Waals surface area contributed by atoms with E-state index in [4.69, 9.17) is 8.83 Å². The van der Waals surface area contributed by atoms with Gasteiger partial charge in [0.1, 0.15) is 11.2 Å². The van der Waals surface area contributed by atoms with Gasteiger partial charge in [-0.25, -0.2) is 0 Å². The zero-order valence-corrected chi connectivity index (χ0v) is 63.6. The summed E-state index contributed by atoms with van der Waals surface area (Å²) in [7, 11) is 0. The number of nitrogens with zero attached hydrogens (tertiary/aromatic N) is 4. The van der Waals surface area contributed by atoms with Crippen LogP contribution in [0.3, 0.4) is 0 Å². The number of para-hydroxylation sites is 8. The smallest absolute Gasteiger partial charge is 0.159 e. The summed E-state index contributed by atoms with van der Waals surface area (Å²) in [5.74, 6) is 0. The van der Waals surface area contributed by atoms with E-state index in [-0.39, 0.29) is 10.8 Å². The number of hydrogen-bond donors (Lipinski definition) is 0. The number of furan rings is 2. The van der Waals surface area contributed by atoms with Crippen molar-refractivity contribution in [2.45, 2.75) is 38.5 Å². The maximum Gasteiger partial charge on any atom is 0.159 e. The van der Waals surface area contributed by atoms with Gasteiger partial charge in [0.2, 0.25) is 0 Å². The molecule has 114 heavy (non-hydrogen) atoms. The van der Waals surface area contributed by atoms with Crippen molar-refractivity contribution in [1.29, 1.82) is 0 Å². The van der Waals surface area contributed by atoms with Gasteiger partial charge in [0.25, 0.3) is 0 Å². The van der Waals surface area contributed by atoms with Gasteiger partial charge >= 0.3 is 0 Å². The Bertz CT molecular complexity index is 7410. The number of fused-ring (bicyclic) bond motifs is 18. The third-order valence-corrected chi connectivity index (χ3v) is 24.4. The van der Waals surface area contributed by atoms with Crippen molar-refractivity contribution in [3.8, 4) is 67.0 Å². The standard InChI is InChI=1S/C57H40N2O.C51H36N2O/c1-57(2)50-35-40(37-14-5-3-6-15-37)26-31-44(50)45-32-30-43(36-51(45)57)58(54-22-13-20-48-47-19-10-12-23-55(47)60-56(48)54)42-28-24-38(25-29-42)39-27-33-53-49(34-39)46-18-9-11-21-52(46)59(53)41-16-7-4-8-17-41;1-51(2)44-30-34(33-14-5-3-6-15-33)24-27-38(44)39-28-25-37(32-45(39)51)52(48-22-13-20-42-41-19-10-12-23-49(41)54-50(42)48)36-26-29-47-43(31-36)40-18-9-11-21-46(40)53(47)35-16-7-4-8-17-35/h3-36H,1-2H3;3-32H,1-2H3. The molecule has 0 saturated heterocycles. The minimum Gasteiger partial charge on any atom is -0.454 e. The van der Waals surface area contributed by atoms with E-state index >= 15 is 0 Å². The highest BCUT2D eigenvalue weighted by Gasteiger charge is 2.39. The molecule has 21 aromatic rings. The van der Waals surface area contributed by atoms with Crippen molar-refractivity contribution in [2.24, 2.45) is 0 Å². The molecule has 0 N–H and O–H groups in total. The quantitative estimate of drug-likeness (QED) is 0.129. The van der Waals surface area contributed by atoms with Crippen LogP contribution in [-0.2, 0) is 10.8 Å². The van der Waals surface area contributed by atoms with Crippen molar-refractivity contribution >= 4 is 122 Å². The predicted octanol–water partition coefficient (Wildman–Crippen LogP) is 29.9. The minimum atomic E-state index is -0.200. The molecule has 0 unspecified atom stereocenters. The van der Waals surface area contributed by atoms with Gasteiger partial charge in [0, 0.05) is 88.0 Å². The number of anilines is 6. The fourth-order valence-corrected chi connectivity index (χ4v) is 18.8. The van der Waals surface area contributed by atoms with Crippen LogP contribution >= 0.6 is 0 Å². The summed E-state index contributed by atoms with van der Waals surface area (Å²) >= 11 is 0. The molecule has 4 heterocycles. The lowest BCUT2D eigenvalue weighted by molar-refractivity contribution is 0.660. The molecule has 0 fully saturated rings. The molecule has 0 bridgehead atoms. The van der Waals surface area contributed by atoms with E-state index in [0.717, 1.165) is 89.4 Å². The molecular weight excluding hydrogens is 1390 g/mol. The van der Waals surface area contributed by atoms with Crippen molar-refractivity contribution in [2.75, 3.05) is 9.80 Å². The Hall–Kier alpha value is -14.5. The summed E-state index contributed by atoms with van der Waals surface area (Å²) in [5, 5.41) is 9.37. The van der Waals surface area contributed by atoms with Gasteiger partial charge < -0.3 is 27.8 Å². The molecule has 0 amide bonds. The summed E-state index contributed by atoms with van der Waals surface area (Å²) in [6, 6.07) is 141. The average molecular weight is 1460 g/mol. The van der Waals surface area contributed by atoms with Gasteiger partial charge in [-0.05, 0) is 217 Å². The third kappa shape index (κ3) is 10.6. The van der Waals surface area contributed by atoms with Gasteiger partial charge in [-0.3, -0.25) is 0 Å². The van der Waals surface area contributed by atoms with E-state index in [1.165, 1.54) is 122 Å². The van der Waals surface area contributed by atoms with Crippen LogP contribution in [0.15, 0.2) is 397 Å². The molecule has 0 radical (unpaired) electrons. The Balaban J connectivity index is 0.000000140. The van der Waals surface area contributed by atoms with E-state index in [9.17, 15) is 0 Å². The van der Waals surface area contributed by atoms with Crippen LogP contribution in [0.1, 0.15) is 49.9 Å².